The number of carbonyl (C=O) groups excluding carboxylic acids is 1. The first-order chi connectivity index (χ1) is 13.5. The van der Waals surface area contributed by atoms with E-state index in [1.807, 2.05) is 17.0 Å². The zero-order chi connectivity index (χ0) is 20.1. The van der Waals surface area contributed by atoms with Gasteiger partial charge in [-0.1, -0.05) is 0 Å². The summed E-state index contributed by atoms with van der Waals surface area (Å²) >= 11 is 0. The van der Waals surface area contributed by atoms with E-state index in [0.717, 1.165) is 50.1 Å². The zero-order valence-corrected chi connectivity index (χ0v) is 16.8. The van der Waals surface area contributed by atoms with Gasteiger partial charge in [-0.15, -0.1) is 0 Å². The van der Waals surface area contributed by atoms with Crippen LogP contribution in [0.25, 0.3) is 0 Å². The number of rotatable bonds is 7. The van der Waals surface area contributed by atoms with Crippen molar-refractivity contribution >= 4 is 11.9 Å². The van der Waals surface area contributed by atoms with E-state index in [9.17, 15) is 9.59 Å². The lowest BCUT2D eigenvalue weighted by atomic mass is 9.97. The van der Waals surface area contributed by atoms with E-state index in [1.54, 1.807) is 14.2 Å². The molecule has 1 saturated heterocycles. The van der Waals surface area contributed by atoms with Crippen molar-refractivity contribution in [3.63, 3.8) is 0 Å². The first-order valence-corrected chi connectivity index (χ1v) is 9.99. The van der Waals surface area contributed by atoms with Crippen LogP contribution in [0.15, 0.2) is 12.1 Å². The van der Waals surface area contributed by atoms with Gasteiger partial charge in [0.25, 0.3) is 0 Å². The maximum absolute atomic E-state index is 12.9. The Balaban J connectivity index is 1.64. The maximum atomic E-state index is 12.9. The van der Waals surface area contributed by atoms with Gasteiger partial charge in [0.2, 0.25) is 5.91 Å². The monoisotopic (exact) mass is 390 g/mol. The minimum absolute atomic E-state index is 0.0544. The standard InChI is InChI=1S/C21H30N2O5/c1-27-18-11-15-8-10-22(13-16(15)12-19(18)28-2)14-20(24)23-9-4-3-5-17(23)6-7-21(25)26/h11-12,17H,3-10,13-14H2,1-2H3,(H,25,26). The summed E-state index contributed by atoms with van der Waals surface area (Å²) in [5.74, 6) is 0.758. The van der Waals surface area contributed by atoms with Crippen LogP contribution in [0.4, 0.5) is 0 Å². The van der Waals surface area contributed by atoms with E-state index in [-0.39, 0.29) is 18.4 Å². The molecule has 0 aromatic heterocycles. The third kappa shape index (κ3) is 4.76. The Hall–Kier alpha value is -2.28. The van der Waals surface area contributed by atoms with Crippen LogP contribution >= 0.6 is 0 Å². The van der Waals surface area contributed by atoms with Gasteiger partial charge in [0.1, 0.15) is 0 Å². The number of amides is 1. The molecule has 7 nitrogen and oxygen atoms in total. The third-order valence-corrected chi connectivity index (χ3v) is 5.79. The highest BCUT2D eigenvalue weighted by molar-refractivity contribution is 5.79. The summed E-state index contributed by atoms with van der Waals surface area (Å²) in [6.07, 6.45) is 4.49. The van der Waals surface area contributed by atoms with Crippen molar-refractivity contribution in [3.05, 3.63) is 23.3 Å². The van der Waals surface area contributed by atoms with Gasteiger partial charge in [-0.25, -0.2) is 0 Å². The minimum Gasteiger partial charge on any atom is -0.493 e. The fraction of sp³-hybridized carbons (Fsp3) is 0.619. The normalized spacial score (nSPS) is 19.8. The average molecular weight is 390 g/mol. The molecule has 0 radical (unpaired) electrons. The van der Waals surface area contributed by atoms with Crippen LogP contribution in [0, 0.1) is 0 Å². The number of carboxylic acids is 1. The summed E-state index contributed by atoms with van der Waals surface area (Å²) in [5, 5.41) is 8.97. The molecule has 0 spiro atoms. The van der Waals surface area contributed by atoms with Crippen LogP contribution in [0.3, 0.4) is 0 Å². The molecule has 0 aliphatic carbocycles. The molecule has 154 valence electrons. The third-order valence-electron chi connectivity index (χ3n) is 5.79. The van der Waals surface area contributed by atoms with E-state index < -0.39 is 5.97 Å². The highest BCUT2D eigenvalue weighted by atomic mass is 16.5. The van der Waals surface area contributed by atoms with Crippen LogP contribution in [0.1, 0.15) is 43.2 Å². The molecule has 0 saturated carbocycles. The molecule has 2 aliphatic heterocycles. The molecule has 7 heteroatoms. The number of benzene rings is 1. The van der Waals surface area contributed by atoms with Crippen LogP contribution in [0.2, 0.25) is 0 Å². The highest BCUT2D eigenvalue weighted by Gasteiger charge is 2.29. The molecular formula is C21H30N2O5. The first-order valence-electron chi connectivity index (χ1n) is 9.99. The van der Waals surface area contributed by atoms with Crippen molar-refractivity contribution in [2.24, 2.45) is 0 Å². The van der Waals surface area contributed by atoms with Gasteiger partial charge >= 0.3 is 5.97 Å². The highest BCUT2D eigenvalue weighted by Crippen LogP contribution is 2.33. The molecule has 1 aromatic rings. The molecule has 2 aliphatic rings. The van der Waals surface area contributed by atoms with Gasteiger partial charge in [0.05, 0.1) is 20.8 Å². The van der Waals surface area contributed by atoms with Crippen molar-refractivity contribution in [2.75, 3.05) is 33.9 Å². The largest absolute Gasteiger partial charge is 0.493 e. The van der Waals surface area contributed by atoms with E-state index in [4.69, 9.17) is 14.6 Å². The van der Waals surface area contributed by atoms with E-state index >= 15 is 0 Å². The predicted octanol–water partition coefficient (Wildman–Crippen LogP) is 2.31. The summed E-state index contributed by atoms with van der Waals surface area (Å²) in [5.41, 5.74) is 2.40. The number of hydrogen-bond acceptors (Lipinski definition) is 5. The maximum Gasteiger partial charge on any atom is 0.303 e. The number of carboxylic acid groups (broad SMARTS) is 1. The van der Waals surface area contributed by atoms with E-state index in [1.165, 1.54) is 5.56 Å². The number of carbonyl (C=O) groups is 2. The van der Waals surface area contributed by atoms with Crippen molar-refractivity contribution in [2.45, 2.75) is 51.1 Å². The van der Waals surface area contributed by atoms with Crippen LogP contribution in [0.5, 0.6) is 11.5 Å². The van der Waals surface area contributed by atoms with E-state index in [2.05, 4.69) is 4.90 Å². The summed E-state index contributed by atoms with van der Waals surface area (Å²) < 4.78 is 10.8. The van der Waals surface area contributed by atoms with Crippen LogP contribution in [-0.4, -0.2) is 66.7 Å². The Labute approximate surface area is 166 Å². The molecule has 1 aromatic carbocycles. The van der Waals surface area contributed by atoms with Gasteiger partial charge in [0, 0.05) is 32.1 Å². The van der Waals surface area contributed by atoms with Crippen molar-refractivity contribution in [1.82, 2.24) is 9.80 Å². The van der Waals surface area contributed by atoms with Crippen LogP contribution < -0.4 is 9.47 Å². The summed E-state index contributed by atoms with van der Waals surface area (Å²) in [4.78, 5) is 27.9. The molecule has 3 rings (SSSR count). The number of nitrogens with zero attached hydrogens (tertiary/aromatic N) is 2. The number of fused-ring (bicyclic) bond motifs is 1. The lowest BCUT2D eigenvalue weighted by Gasteiger charge is -2.38. The Morgan fingerprint density at radius 1 is 1.11 bits per heavy atom. The fourth-order valence-electron chi connectivity index (χ4n) is 4.28. The molecular weight excluding hydrogens is 360 g/mol. The Morgan fingerprint density at radius 2 is 1.82 bits per heavy atom. The second-order valence-corrected chi connectivity index (χ2v) is 7.61. The number of piperidine rings is 1. The topological polar surface area (TPSA) is 79.3 Å². The summed E-state index contributed by atoms with van der Waals surface area (Å²) in [6, 6.07) is 4.08. The second-order valence-electron chi connectivity index (χ2n) is 7.61. The molecule has 28 heavy (non-hydrogen) atoms. The second kappa shape index (κ2) is 9.28. The SMILES string of the molecule is COc1cc2c(cc1OC)CN(CC(=O)N1CCCCC1CCC(=O)O)CC2. The molecule has 0 bridgehead atoms. The Morgan fingerprint density at radius 3 is 2.50 bits per heavy atom. The number of aliphatic carboxylic acids is 1. The number of ether oxygens (including phenoxy) is 2. The zero-order valence-electron chi connectivity index (χ0n) is 16.8. The van der Waals surface area contributed by atoms with Crippen molar-refractivity contribution < 1.29 is 24.2 Å². The molecule has 1 atom stereocenters. The molecule has 2 heterocycles. The van der Waals surface area contributed by atoms with Gasteiger partial charge in [0.15, 0.2) is 11.5 Å². The van der Waals surface area contributed by atoms with Crippen molar-refractivity contribution in [1.29, 1.82) is 0 Å². The van der Waals surface area contributed by atoms with Gasteiger partial charge in [-0.05, 0) is 55.4 Å². The predicted molar refractivity (Wildman–Crippen MR) is 105 cm³/mol. The fourth-order valence-corrected chi connectivity index (χ4v) is 4.28. The smallest absolute Gasteiger partial charge is 0.303 e. The van der Waals surface area contributed by atoms with Gasteiger partial charge in [-0.2, -0.15) is 0 Å². The lowest BCUT2D eigenvalue weighted by molar-refractivity contribution is -0.140. The minimum atomic E-state index is -0.796. The van der Waals surface area contributed by atoms with Gasteiger partial charge < -0.3 is 19.5 Å². The number of likely N-dealkylation sites (tertiary alicyclic amines) is 1. The Bertz CT molecular complexity index is 721. The van der Waals surface area contributed by atoms with E-state index in [0.29, 0.717) is 25.3 Å². The first kappa shape index (κ1) is 20.5. The molecule has 1 N–H and O–H groups in total. The Kier molecular flexibility index (Phi) is 6.78. The van der Waals surface area contributed by atoms with Crippen molar-refractivity contribution in [3.8, 4) is 11.5 Å². The molecule has 1 unspecified atom stereocenters. The van der Waals surface area contributed by atoms with Gasteiger partial charge in [-0.3, -0.25) is 14.5 Å². The summed E-state index contributed by atoms with van der Waals surface area (Å²) in [7, 11) is 3.26. The lowest BCUT2D eigenvalue weighted by Crippen LogP contribution is -2.48. The molecule has 1 amide bonds. The van der Waals surface area contributed by atoms with Crippen LogP contribution in [-0.2, 0) is 22.6 Å². The number of methoxy groups -OCH3 is 2. The average Bonchev–Trinajstić information content (AvgIpc) is 2.71. The quantitative estimate of drug-likeness (QED) is 0.770. The number of hydrogen-bond donors (Lipinski definition) is 1. The summed E-state index contributed by atoms with van der Waals surface area (Å²) in [6.45, 7) is 2.63. The molecule has 1 fully saturated rings.